The van der Waals surface area contributed by atoms with Crippen LogP contribution in [0.1, 0.15) is 12.5 Å². The topological polar surface area (TPSA) is 52.0 Å². The molecule has 0 aliphatic carbocycles. The standard InChI is InChI=1S/C9H13FN2/c1-6(11)4-7-5-8(12)2-3-9(7)10/h2-3,5-6H,4,11-12H2,1H3/t6-/m0/s1. The first-order valence-electron chi connectivity index (χ1n) is 3.89. The Morgan fingerprint density at radius 3 is 2.75 bits per heavy atom. The van der Waals surface area contributed by atoms with Crippen LogP contribution in [0.3, 0.4) is 0 Å². The summed E-state index contributed by atoms with van der Waals surface area (Å²) in [5.74, 6) is -0.235. The van der Waals surface area contributed by atoms with Crippen molar-refractivity contribution in [3.63, 3.8) is 0 Å². The molecule has 66 valence electrons. The van der Waals surface area contributed by atoms with E-state index in [-0.39, 0.29) is 11.9 Å². The van der Waals surface area contributed by atoms with Gasteiger partial charge in [0.1, 0.15) is 5.82 Å². The van der Waals surface area contributed by atoms with Gasteiger partial charge < -0.3 is 11.5 Å². The minimum absolute atomic E-state index is 0.0405. The summed E-state index contributed by atoms with van der Waals surface area (Å²) in [6.07, 6.45) is 0.525. The number of rotatable bonds is 2. The quantitative estimate of drug-likeness (QED) is 0.654. The summed E-state index contributed by atoms with van der Waals surface area (Å²) < 4.78 is 13.0. The molecular formula is C9H13FN2. The molecule has 0 unspecified atom stereocenters. The Hall–Kier alpha value is -1.09. The minimum Gasteiger partial charge on any atom is -0.399 e. The third kappa shape index (κ3) is 2.20. The minimum atomic E-state index is -0.235. The Balaban J connectivity index is 2.90. The third-order valence-electron chi connectivity index (χ3n) is 1.61. The highest BCUT2D eigenvalue weighted by Crippen LogP contribution is 2.13. The van der Waals surface area contributed by atoms with E-state index < -0.39 is 0 Å². The number of nitrogen functional groups attached to an aromatic ring is 1. The van der Waals surface area contributed by atoms with E-state index in [1.807, 2.05) is 6.92 Å². The summed E-state index contributed by atoms with van der Waals surface area (Å²) in [6.45, 7) is 1.84. The SMILES string of the molecule is C[C@H](N)Cc1cc(N)ccc1F. The van der Waals surface area contributed by atoms with Gasteiger partial charge in [-0.15, -0.1) is 0 Å². The lowest BCUT2D eigenvalue weighted by atomic mass is 10.1. The Bertz CT molecular complexity index is 271. The zero-order chi connectivity index (χ0) is 9.14. The zero-order valence-corrected chi connectivity index (χ0v) is 7.05. The predicted octanol–water partition coefficient (Wildman–Crippen LogP) is 1.30. The van der Waals surface area contributed by atoms with Crippen LogP contribution in [0.25, 0.3) is 0 Å². The number of hydrogen-bond donors (Lipinski definition) is 2. The van der Waals surface area contributed by atoms with Gasteiger partial charge in [-0.1, -0.05) is 0 Å². The van der Waals surface area contributed by atoms with E-state index >= 15 is 0 Å². The maximum Gasteiger partial charge on any atom is 0.126 e. The molecule has 0 amide bonds. The van der Waals surface area contributed by atoms with Gasteiger partial charge in [-0.05, 0) is 37.1 Å². The van der Waals surface area contributed by atoms with E-state index in [0.29, 0.717) is 17.7 Å². The second-order valence-corrected chi connectivity index (χ2v) is 3.03. The van der Waals surface area contributed by atoms with Crippen molar-refractivity contribution in [2.75, 3.05) is 5.73 Å². The molecule has 2 nitrogen and oxygen atoms in total. The molecule has 1 aromatic rings. The maximum atomic E-state index is 13.0. The van der Waals surface area contributed by atoms with Gasteiger partial charge in [0.2, 0.25) is 0 Å². The van der Waals surface area contributed by atoms with Crippen molar-refractivity contribution in [2.24, 2.45) is 5.73 Å². The molecule has 12 heavy (non-hydrogen) atoms. The summed E-state index contributed by atoms with van der Waals surface area (Å²) >= 11 is 0. The van der Waals surface area contributed by atoms with E-state index in [9.17, 15) is 4.39 Å². The van der Waals surface area contributed by atoms with Gasteiger partial charge in [0.15, 0.2) is 0 Å². The molecule has 0 aliphatic rings. The normalized spacial score (nSPS) is 12.9. The van der Waals surface area contributed by atoms with E-state index in [2.05, 4.69) is 0 Å². The zero-order valence-electron chi connectivity index (χ0n) is 7.05. The van der Waals surface area contributed by atoms with Crippen LogP contribution < -0.4 is 11.5 Å². The largest absolute Gasteiger partial charge is 0.399 e. The van der Waals surface area contributed by atoms with Gasteiger partial charge in [0, 0.05) is 11.7 Å². The molecule has 1 aromatic carbocycles. The lowest BCUT2D eigenvalue weighted by Crippen LogP contribution is -2.18. The molecule has 3 heteroatoms. The molecule has 0 saturated carbocycles. The molecule has 0 aliphatic heterocycles. The lowest BCUT2D eigenvalue weighted by molar-refractivity contribution is 0.596. The van der Waals surface area contributed by atoms with Crippen LogP contribution in [0.2, 0.25) is 0 Å². The molecule has 0 saturated heterocycles. The van der Waals surface area contributed by atoms with Crippen molar-refractivity contribution in [3.05, 3.63) is 29.6 Å². The highest BCUT2D eigenvalue weighted by molar-refractivity contribution is 5.41. The number of anilines is 1. The van der Waals surface area contributed by atoms with Gasteiger partial charge in [0.25, 0.3) is 0 Å². The molecule has 0 aromatic heterocycles. The van der Waals surface area contributed by atoms with Gasteiger partial charge in [-0.25, -0.2) is 4.39 Å². The summed E-state index contributed by atoms with van der Waals surface area (Å²) in [5.41, 5.74) is 12.2. The smallest absolute Gasteiger partial charge is 0.126 e. The first kappa shape index (κ1) is 9.00. The van der Waals surface area contributed by atoms with Crippen molar-refractivity contribution in [3.8, 4) is 0 Å². The van der Waals surface area contributed by atoms with E-state index in [1.54, 1.807) is 12.1 Å². The average molecular weight is 168 g/mol. The van der Waals surface area contributed by atoms with Crippen LogP contribution >= 0.6 is 0 Å². The van der Waals surface area contributed by atoms with Crippen molar-refractivity contribution < 1.29 is 4.39 Å². The van der Waals surface area contributed by atoms with E-state index in [4.69, 9.17) is 11.5 Å². The van der Waals surface area contributed by atoms with Crippen LogP contribution in [0.5, 0.6) is 0 Å². The van der Waals surface area contributed by atoms with Crippen molar-refractivity contribution in [1.82, 2.24) is 0 Å². The molecule has 0 bridgehead atoms. The van der Waals surface area contributed by atoms with Gasteiger partial charge in [0.05, 0.1) is 0 Å². The second-order valence-electron chi connectivity index (χ2n) is 3.03. The average Bonchev–Trinajstić information content (AvgIpc) is 1.96. The highest BCUT2D eigenvalue weighted by atomic mass is 19.1. The lowest BCUT2D eigenvalue weighted by Gasteiger charge is -2.06. The van der Waals surface area contributed by atoms with Gasteiger partial charge in [-0.2, -0.15) is 0 Å². The van der Waals surface area contributed by atoms with Crippen molar-refractivity contribution in [2.45, 2.75) is 19.4 Å². The van der Waals surface area contributed by atoms with Gasteiger partial charge >= 0.3 is 0 Å². The molecule has 0 fully saturated rings. The number of nitrogens with two attached hydrogens (primary N) is 2. The Morgan fingerprint density at radius 1 is 1.50 bits per heavy atom. The summed E-state index contributed by atoms with van der Waals surface area (Å²) in [7, 11) is 0. The van der Waals surface area contributed by atoms with Crippen LogP contribution in [-0.4, -0.2) is 6.04 Å². The third-order valence-corrected chi connectivity index (χ3v) is 1.61. The summed E-state index contributed by atoms with van der Waals surface area (Å²) in [4.78, 5) is 0. The second kappa shape index (κ2) is 3.54. The van der Waals surface area contributed by atoms with Crippen LogP contribution in [0.4, 0.5) is 10.1 Å². The molecule has 0 spiro atoms. The highest BCUT2D eigenvalue weighted by Gasteiger charge is 2.04. The van der Waals surface area contributed by atoms with Crippen LogP contribution in [0, 0.1) is 5.82 Å². The summed E-state index contributed by atoms with van der Waals surface area (Å²) in [6, 6.07) is 4.49. The maximum absolute atomic E-state index is 13.0. The molecule has 0 radical (unpaired) electrons. The Morgan fingerprint density at radius 2 is 2.17 bits per heavy atom. The van der Waals surface area contributed by atoms with Crippen molar-refractivity contribution in [1.29, 1.82) is 0 Å². The number of hydrogen-bond acceptors (Lipinski definition) is 2. The van der Waals surface area contributed by atoms with Crippen LogP contribution in [0.15, 0.2) is 18.2 Å². The molecule has 4 N–H and O–H groups in total. The first-order chi connectivity index (χ1) is 5.59. The Labute approximate surface area is 71.4 Å². The number of benzene rings is 1. The molecular weight excluding hydrogens is 155 g/mol. The fraction of sp³-hybridized carbons (Fsp3) is 0.333. The fourth-order valence-electron chi connectivity index (χ4n) is 1.10. The van der Waals surface area contributed by atoms with E-state index in [0.717, 1.165) is 0 Å². The fourth-order valence-corrected chi connectivity index (χ4v) is 1.10. The molecule has 0 heterocycles. The predicted molar refractivity (Wildman–Crippen MR) is 48.2 cm³/mol. The summed E-state index contributed by atoms with van der Waals surface area (Å²) in [5, 5.41) is 0. The van der Waals surface area contributed by atoms with E-state index in [1.165, 1.54) is 6.07 Å². The van der Waals surface area contributed by atoms with Crippen molar-refractivity contribution >= 4 is 5.69 Å². The first-order valence-corrected chi connectivity index (χ1v) is 3.89. The molecule has 1 rings (SSSR count). The Kier molecular flexibility index (Phi) is 2.65. The monoisotopic (exact) mass is 168 g/mol. The number of halogens is 1. The van der Waals surface area contributed by atoms with Gasteiger partial charge in [-0.3, -0.25) is 0 Å². The molecule has 1 atom stereocenters. The van der Waals surface area contributed by atoms with Crippen LogP contribution in [-0.2, 0) is 6.42 Å².